The third-order valence-electron chi connectivity index (χ3n) is 15.1. The summed E-state index contributed by atoms with van der Waals surface area (Å²) in [5, 5.41) is 23.5. The number of nitrogens with two attached hydrogens (primary N) is 1. The topological polar surface area (TPSA) is 338 Å². The molecule has 10 N–H and O–H groups in total. The third kappa shape index (κ3) is 12.2. The second-order valence-corrected chi connectivity index (χ2v) is 21.8. The van der Waals surface area contributed by atoms with Gasteiger partial charge in [-0.05, 0) is 92.0 Å². The van der Waals surface area contributed by atoms with Gasteiger partial charge in [0.2, 0.25) is 35.4 Å². The van der Waals surface area contributed by atoms with Crippen molar-refractivity contribution in [2.24, 2.45) is 12.8 Å². The number of primary amides is 1. The highest BCUT2D eigenvalue weighted by Gasteiger charge is 2.46. The molecule has 0 saturated carbocycles. The molecule has 0 radical (unpaired) electrons. The van der Waals surface area contributed by atoms with Crippen molar-refractivity contribution in [3.8, 4) is 0 Å². The number of aromatic nitrogens is 3. The van der Waals surface area contributed by atoms with Gasteiger partial charge >= 0.3 is 13.3 Å². The molecule has 79 heavy (non-hydrogen) atoms. The van der Waals surface area contributed by atoms with Crippen LogP contribution in [0, 0.1) is 0 Å². The van der Waals surface area contributed by atoms with Gasteiger partial charge in [-0.1, -0.05) is 72.8 Å². The lowest BCUT2D eigenvalue weighted by Crippen LogP contribution is -2.63. The standard InChI is InChI=1S/C55H61N10O13P/c1-62-48-33(14-8-16-41(48)65(55(62)75)43-23-25-45(67)60-52(43)72)15-9-17-46(68)63-27-26-36-19-22-42(51(71)58-38(21-24-44(56)66)49(69)61-47(31-10-4-2-5-11-31)32-12-6-3-7-13-32)64(36)53(73)40(30-63)59-50(70)39-29-35-28-34(18-20-37(35)57-39)54(74)79(76,77)78/h2-8,10-14,16,18,20,28-29,36,38,40,42-43,47,51,57-58,71H,9,15,17,19,21-27,30H2,1H3,(H2,56,66)(H,59,70)(H,61,69)(H,60,67,72)(H2,76,77,78)/t36-,38+,40+,42+,43?,51?/m1/s1. The minimum absolute atomic E-state index is 0.00543. The molecular formula is C55H61N10O13P. The second-order valence-electron chi connectivity index (χ2n) is 20.3. The van der Waals surface area contributed by atoms with Crippen molar-refractivity contribution < 1.29 is 57.8 Å². The normalized spacial score (nSPS) is 19.6. The van der Waals surface area contributed by atoms with Gasteiger partial charge < -0.3 is 46.0 Å². The number of benzene rings is 4. The molecule has 414 valence electrons. The highest BCUT2D eigenvalue weighted by molar-refractivity contribution is 7.70. The number of carbonyl (C=O) groups excluding carboxylic acids is 8. The van der Waals surface area contributed by atoms with Crippen LogP contribution in [0.3, 0.4) is 0 Å². The zero-order valence-corrected chi connectivity index (χ0v) is 44.0. The van der Waals surface area contributed by atoms with Crippen molar-refractivity contribution in [1.82, 2.24) is 45.2 Å². The molecule has 7 amide bonds. The number of aromatic amines is 1. The van der Waals surface area contributed by atoms with Crippen molar-refractivity contribution in [1.29, 1.82) is 0 Å². The first-order chi connectivity index (χ1) is 37.8. The summed E-state index contributed by atoms with van der Waals surface area (Å²) in [6.07, 6.45) is -0.0706. The number of carbonyl (C=O) groups is 8. The van der Waals surface area contributed by atoms with Gasteiger partial charge in [-0.15, -0.1) is 0 Å². The maximum absolute atomic E-state index is 15.1. The molecule has 24 heteroatoms. The van der Waals surface area contributed by atoms with Crippen molar-refractivity contribution in [3.63, 3.8) is 0 Å². The van der Waals surface area contributed by atoms with Crippen LogP contribution in [-0.2, 0) is 46.8 Å². The van der Waals surface area contributed by atoms with Gasteiger partial charge in [0.15, 0.2) is 0 Å². The highest BCUT2D eigenvalue weighted by atomic mass is 31.2. The molecule has 3 aliphatic rings. The number of nitrogens with one attached hydrogen (secondary N) is 5. The van der Waals surface area contributed by atoms with Crippen LogP contribution in [0.1, 0.15) is 107 Å². The number of fused-ring (bicyclic) bond motifs is 3. The minimum Gasteiger partial charge on any atom is -0.376 e. The first-order valence-corrected chi connectivity index (χ1v) is 27.7. The molecule has 0 spiro atoms. The minimum atomic E-state index is -5.14. The van der Waals surface area contributed by atoms with Crippen LogP contribution in [0.2, 0.25) is 0 Å². The molecule has 5 heterocycles. The molecule has 23 nitrogen and oxygen atoms in total. The summed E-state index contributed by atoms with van der Waals surface area (Å²) in [6.45, 7) is -0.158. The third-order valence-corrected chi connectivity index (χ3v) is 15.9. The summed E-state index contributed by atoms with van der Waals surface area (Å²) < 4.78 is 14.6. The van der Waals surface area contributed by atoms with E-state index in [0.717, 1.165) is 16.7 Å². The Labute approximate surface area is 452 Å². The molecule has 3 fully saturated rings. The van der Waals surface area contributed by atoms with E-state index in [4.69, 9.17) is 5.73 Å². The molecule has 9 rings (SSSR count). The van der Waals surface area contributed by atoms with Gasteiger partial charge in [-0.25, -0.2) is 4.79 Å². The van der Waals surface area contributed by atoms with E-state index in [1.165, 1.54) is 43.2 Å². The number of rotatable bonds is 19. The quantitative estimate of drug-likeness (QED) is 0.0319. The summed E-state index contributed by atoms with van der Waals surface area (Å²) in [5.74, 6) is -3.97. The number of aryl methyl sites for hydroxylation is 2. The average Bonchev–Trinajstić information content (AvgIpc) is 4.32. The molecule has 3 aliphatic heterocycles. The molecule has 0 aliphatic carbocycles. The van der Waals surface area contributed by atoms with E-state index in [0.29, 0.717) is 35.8 Å². The van der Waals surface area contributed by atoms with Crippen molar-refractivity contribution in [2.75, 3.05) is 13.1 Å². The lowest BCUT2D eigenvalue weighted by atomic mass is 9.98. The molecule has 6 atom stereocenters. The zero-order valence-electron chi connectivity index (χ0n) is 43.1. The number of H-pyrrole nitrogens is 1. The predicted molar refractivity (Wildman–Crippen MR) is 287 cm³/mol. The van der Waals surface area contributed by atoms with Gasteiger partial charge in [-0.3, -0.25) is 62.7 Å². The first-order valence-electron chi connectivity index (χ1n) is 26.1. The number of amides is 7. The number of aliphatic hydroxyl groups excluding tert-OH is 1. The molecule has 6 aromatic rings. The van der Waals surface area contributed by atoms with E-state index < -0.39 is 96.7 Å². The number of aliphatic hydroxyl groups is 1. The largest absolute Gasteiger partial charge is 0.396 e. The SMILES string of the molecule is Cn1c(=O)n(C2CCC(=O)NC2=O)c2cccc(CCCC(=O)N3CC[C@H]4CC[C@@H](C(O)N[C@@H](CCC(N)=O)C(=O)NC(c5ccccc5)c5ccccc5)N4C(=O)[C@@H](NC(=O)c4cc5cc(C(=O)P(=O)(O)O)ccc5[nH]4)C3)c21. The Morgan fingerprint density at radius 1 is 0.848 bits per heavy atom. The van der Waals surface area contributed by atoms with E-state index in [-0.39, 0.29) is 80.6 Å². The lowest BCUT2D eigenvalue weighted by molar-refractivity contribution is -0.144. The number of piperidine rings is 1. The van der Waals surface area contributed by atoms with E-state index in [9.17, 15) is 57.8 Å². The number of hydrogen-bond acceptors (Lipinski definition) is 12. The van der Waals surface area contributed by atoms with E-state index in [1.54, 1.807) is 19.2 Å². The number of hydrogen-bond donors (Lipinski definition) is 9. The van der Waals surface area contributed by atoms with Gasteiger partial charge in [0.25, 0.3) is 11.4 Å². The van der Waals surface area contributed by atoms with Crippen LogP contribution in [0.15, 0.2) is 108 Å². The Bertz CT molecular complexity index is 3430. The van der Waals surface area contributed by atoms with Gasteiger partial charge in [-0.2, -0.15) is 0 Å². The Balaban J connectivity index is 0.956. The smallest absolute Gasteiger partial charge is 0.376 e. The summed E-state index contributed by atoms with van der Waals surface area (Å²) in [7, 11) is -3.54. The van der Waals surface area contributed by atoms with Gasteiger partial charge in [0, 0.05) is 61.9 Å². The van der Waals surface area contributed by atoms with E-state index in [2.05, 4.69) is 26.3 Å². The molecule has 0 bridgehead atoms. The van der Waals surface area contributed by atoms with E-state index >= 15 is 4.79 Å². The Morgan fingerprint density at radius 3 is 2.23 bits per heavy atom. The summed E-state index contributed by atoms with van der Waals surface area (Å²) >= 11 is 0. The Morgan fingerprint density at radius 2 is 1.56 bits per heavy atom. The Kier molecular flexibility index (Phi) is 16.5. The summed E-state index contributed by atoms with van der Waals surface area (Å²) in [4.78, 5) is 146. The molecule has 3 saturated heterocycles. The second kappa shape index (κ2) is 23.5. The van der Waals surface area contributed by atoms with Crippen molar-refractivity contribution >= 4 is 76.4 Å². The number of para-hydroxylation sites is 1. The fourth-order valence-electron chi connectivity index (χ4n) is 11.2. The van der Waals surface area contributed by atoms with Gasteiger partial charge in [0.1, 0.15) is 24.0 Å². The molecular weight excluding hydrogens is 1040 g/mol. The maximum atomic E-state index is 15.1. The van der Waals surface area contributed by atoms with Crippen LogP contribution in [-0.4, -0.2) is 129 Å². The first kappa shape index (κ1) is 55.7. The predicted octanol–water partition coefficient (Wildman–Crippen LogP) is 2.28. The number of imide groups is 1. The highest BCUT2D eigenvalue weighted by Crippen LogP contribution is 2.40. The van der Waals surface area contributed by atoms with Crippen molar-refractivity contribution in [3.05, 3.63) is 142 Å². The summed E-state index contributed by atoms with van der Waals surface area (Å²) in [6, 6.07) is 23.3. The van der Waals surface area contributed by atoms with Crippen LogP contribution in [0.5, 0.6) is 0 Å². The number of imidazole rings is 1. The van der Waals surface area contributed by atoms with Crippen LogP contribution in [0.4, 0.5) is 0 Å². The van der Waals surface area contributed by atoms with Crippen molar-refractivity contribution in [2.45, 2.75) is 107 Å². The average molecular weight is 1100 g/mol. The zero-order chi connectivity index (χ0) is 56.3. The van der Waals surface area contributed by atoms with Crippen LogP contribution >= 0.6 is 7.60 Å². The molecule has 4 aromatic carbocycles. The summed E-state index contributed by atoms with van der Waals surface area (Å²) in [5.41, 5.74) is 7.04. The monoisotopic (exact) mass is 1100 g/mol. The fraction of sp³-hybridized carbons (Fsp3) is 0.364. The molecule has 2 unspecified atom stereocenters. The fourth-order valence-corrected chi connectivity index (χ4v) is 11.7. The van der Waals surface area contributed by atoms with E-state index in [1.807, 2.05) is 66.7 Å². The Hall–Kier alpha value is -8.08. The van der Waals surface area contributed by atoms with Crippen LogP contribution in [0.25, 0.3) is 21.9 Å². The lowest BCUT2D eigenvalue weighted by Gasteiger charge is -2.40. The van der Waals surface area contributed by atoms with Crippen LogP contribution < -0.4 is 32.7 Å². The molecule has 2 aromatic heterocycles. The van der Waals surface area contributed by atoms with Gasteiger partial charge in [0.05, 0.1) is 29.2 Å². The number of nitrogens with zero attached hydrogens (tertiary/aromatic N) is 4. The maximum Gasteiger partial charge on any atom is 0.396 e.